The van der Waals surface area contributed by atoms with E-state index >= 15 is 0 Å². The first-order chi connectivity index (χ1) is 7.63. The third-order valence-electron chi connectivity index (χ3n) is 3.45. The molecule has 0 aromatic heterocycles. The van der Waals surface area contributed by atoms with E-state index in [1.54, 1.807) is 0 Å². The first-order valence-electron chi connectivity index (χ1n) is 5.55. The predicted octanol–water partition coefficient (Wildman–Crippen LogP) is 3.17. The zero-order valence-electron chi connectivity index (χ0n) is 9.29. The summed E-state index contributed by atoms with van der Waals surface area (Å²) < 4.78 is 0. The maximum absolute atomic E-state index is 6.03. The van der Waals surface area contributed by atoms with Crippen LogP contribution in [0.2, 0.25) is 10.0 Å². The van der Waals surface area contributed by atoms with Gasteiger partial charge < -0.3 is 10.6 Å². The first-order valence-corrected chi connectivity index (χ1v) is 6.31. The lowest BCUT2D eigenvalue weighted by Crippen LogP contribution is -2.32. The largest absolute Gasteiger partial charge is 0.368 e. The van der Waals surface area contributed by atoms with Gasteiger partial charge in [0, 0.05) is 18.3 Å². The summed E-state index contributed by atoms with van der Waals surface area (Å²) in [5.74, 6) is 0.578. The summed E-state index contributed by atoms with van der Waals surface area (Å²) >= 11 is 11.9. The number of hydrogen-bond donors (Lipinski definition) is 1. The maximum Gasteiger partial charge on any atom is 0.0612 e. The van der Waals surface area contributed by atoms with Gasteiger partial charge in [0.1, 0.15) is 0 Å². The van der Waals surface area contributed by atoms with E-state index in [4.69, 9.17) is 28.9 Å². The van der Waals surface area contributed by atoms with E-state index in [-0.39, 0.29) is 0 Å². The maximum atomic E-state index is 6.03. The van der Waals surface area contributed by atoms with Gasteiger partial charge in [-0.3, -0.25) is 0 Å². The summed E-state index contributed by atoms with van der Waals surface area (Å²) in [6.07, 6.45) is 1.15. The van der Waals surface area contributed by atoms with Crippen LogP contribution in [0.3, 0.4) is 0 Å². The number of anilines is 1. The lowest BCUT2D eigenvalue weighted by atomic mass is 10.0. The molecule has 4 heteroatoms. The molecule has 1 aromatic rings. The minimum atomic E-state index is 0.474. The summed E-state index contributed by atoms with van der Waals surface area (Å²) in [7, 11) is 0. The lowest BCUT2D eigenvalue weighted by Gasteiger charge is -2.26. The third-order valence-corrected chi connectivity index (χ3v) is 4.19. The molecule has 0 radical (unpaired) electrons. The molecule has 1 heterocycles. The van der Waals surface area contributed by atoms with Crippen LogP contribution in [-0.4, -0.2) is 19.1 Å². The fourth-order valence-electron chi connectivity index (χ4n) is 2.35. The molecular weight excluding hydrogens is 243 g/mol. The summed E-state index contributed by atoms with van der Waals surface area (Å²) in [4.78, 5) is 2.35. The molecule has 0 spiro atoms. The number of hydrogen-bond acceptors (Lipinski definition) is 2. The van der Waals surface area contributed by atoms with Crippen LogP contribution >= 0.6 is 23.2 Å². The molecular formula is C12H16Cl2N2. The van der Waals surface area contributed by atoms with E-state index in [0.29, 0.717) is 22.0 Å². The average Bonchev–Trinajstić information content (AvgIpc) is 2.64. The Labute approximate surface area is 106 Å². The molecule has 1 fully saturated rings. The summed E-state index contributed by atoms with van der Waals surface area (Å²) in [5, 5.41) is 1.22. The molecule has 1 saturated heterocycles. The van der Waals surface area contributed by atoms with E-state index in [1.807, 2.05) is 18.2 Å². The number of nitrogens with two attached hydrogens (primary N) is 1. The zero-order chi connectivity index (χ0) is 11.7. The van der Waals surface area contributed by atoms with Crippen LogP contribution in [-0.2, 0) is 0 Å². The predicted molar refractivity (Wildman–Crippen MR) is 70.4 cm³/mol. The van der Waals surface area contributed by atoms with Gasteiger partial charge in [-0.15, -0.1) is 0 Å². The molecule has 2 rings (SSSR count). The van der Waals surface area contributed by atoms with Gasteiger partial charge >= 0.3 is 0 Å². The van der Waals surface area contributed by atoms with Crippen LogP contribution < -0.4 is 10.6 Å². The van der Waals surface area contributed by atoms with Crippen molar-refractivity contribution in [2.75, 3.05) is 18.0 Å². The van der Waals surface area contributed by atoms with Gasteiger partial charge in [0.05, 0.1) is 10.0 Å². The molecule has 0 aliphatic carbocycles. The average molecular weight is 259 g/mol. The molecule has 0 saturated carbocycles. The van der Waals surface area contributed by atoms with Gasteiger partial charge in [-0.2, -0.15) is 0 Å². The fourth-order valence-corrected chi connectivity index (χ4v) is 2.64. The summed E-state index contributed by atoms with van der Waals surface area (Å²) in [5.41, 5.74) is 6.88. The zero-order valence-corrected chi connectivity index (χ0v) is 10.8. The normalized spacial score (nSPS) is 25.1. The Morgan fingerprint density at radius 1 is 1.38 bits per heavy atom. The van der Waals surface area contributed by atoms with E-state index in [9.17, 15) is 0 Å². The number of halogens is 2. The van der Waals surface area contributed by atoms with Gasteiger partial charge in [0.15, 0.2) is 0 Å². The van der Waals surface area contributed by atoms with Gasteiger partial charge in [-0.25, -0.2) is 0 Å². The molecule has 2 atom stereocenters. The molecule has 2 nitrogen and oxygen atoms in total. The van der Waals surface area contributed by atoms with Gasteiger partial charge in [-0.05, 0) is 44.0 Å². The minimum Gasteiger partial charge on any atom is -0.368 e. The van der Waals surface area contributed by atoms with Gasteiger partial charge in [0.2, 0.25) is 0 Å². The Balaban J connectivity index is 2.22. The lowest BCUT2D eigenvalue weighted by molar-refractivity contribution is 0.508. The monoisotopic (exact) mass is 258 g/mol. The van der Waals surface area contributed by atoms with Crippen molar-refractivity contribution < 1.29 is 0 Å². The molecule has 2 unspecified atom stereocenters. The van der Waals surface area contributed by atoms with Crippen molar-refractivity contribution in [3.63, 3.8) is 0 Å². The highest BCUT2D eigenvalue weighted by Crippen LogP contribution is 2.33. The van der Waals surface area contributed by atoms with Gasteiger partial charge in [-0.1, -0.05) is 23.2 Å². The molecule has 16 heavy (non-hydrogen) atoms. The van der Waals surface area contributed by atoms with E-state index in [2.05, 4.69) is 11.8 Å². The number of benzene rings is 1. The third kappa shape index (κ3) is 2.15. The van der Waals surface area contributed by atoms with E-state index in [1.165, 1.54) is 0 Å². The standard InChI is InChI=1S/C12H16Cl2N2/c1-8-9(7-15)4-5-16(8)10-2-3-11(13)12(14)6-10/h2-3,6,8-9H,4-5,7,15H2,1H3. The highest BCUT2D eigenvalue weighted by atomic mass is 35.5. The van der Waals surface area contributed by atoms with Crippen LogP contribution in [0, 0.1) is 5.92 Å². The second-order valence-electron chi connectivity index (χ2n) is 4.32. The molecule has 0 bridgehead atoms. The molecule has 1 aromatic carbocycles. The van der Waals surface area contributed by atoms with Crippen molar-refractivity contribution in [1.82, 2.24) is 0 Å². The van der Waals surface area contributed by atoms with Crippen molar-refractivity contribution in [2.24, 2.45) is 11.7 Å². The highest BCUT2D eigenvalue weighted by molar-refractivity contribution is 6.42. The van der Waals surface area contributed by atoms with Crippen LogP contribution in [0.25, 0.3) is 0 Å². The Morgan fingerprint density at radius 2 is 2.12 bits per heavy atom. The molecule has 0 amide bonds. The number of rotatable bonds is 2. The topological polar surface area (TPSA) is 29.3 Å². The second kappa shape index (κ2) is 4.82. The minimum absolute atomic E-state index is 0.474. The molecule has 2 N–H and O–H groups in total. The van der Waals surface area contributed by atoms with Crippen LogP contribution in [0.15, 0.2) is 18.2 Å². The Morgan fingerprint density at radius 3 is 2.69 bits per heavy atom. The molecule has 1 aliphatic rings. The summed E-state index contributed by atoms with van der Waals surface area (Å²) in [6.45, 7) is 4.01. The quantitative estimate of drug-likeness (QED) is 0.883. The van der Waals surface area contributed by atoms with E-state index < -0.39 is 0 Å². The first kappa shape index (κ1) is 12.0. The number of nitrogens with zero attached hydrogens (tertiary/aromatic N) is 1. The SMILES string of the molecule is CC1C(CN)CCN1c1ccc(Cl)c(Cl)c1. The smallest absolute Gasteiger partial charge is 0.0612 e. The second-order valence-corrected chi connectivity index (χ2v) is 5.13. The highest BCUT2D eigenvalue weighted by Gasteiger charge is 2.29. The Bertz CT molecular complexity index is 381. The summed E-state index contributed by atoms with van der Waals surface area (Å²) in [6, 6.07) is 6.27. The van der Waals surface area contributed by atoms with Crippen molar-refractivity contribution >= 4 is 28.9 Å². The van der Waals surface area contributed by atoms with Crippen molar-refractivity contribution in [3.05, 3.63) is 28.2 Å². The molecule has 88 valence electrons. The van der Waals surface area contributed by atoms with Crippen LogP contribution in [0.1, 0.15) is 13.3 Å². The molecule has 1 aliphatic heterocycles. The van der Waals surface area contributed by atoms with E-state index in [0.717, 1.165) is 25.2 Å². The van der Waals surface area contributed by atoms with Crippen LogP contribution in [0.5, 0.6) is 0 Å². The Hall–Kier alpha value is -0.440. The van der Waals surface area contributed by atoms with Crippen molar-refractivity contribution in [3.8, 4) is 0 Å². The Kier molecular flexibility index (Phi) is 3.63. The van der Waals surface area contributed by atoms with Crippen LogP contribution in [0.4, 0.5) is 5.69 Å². The van der Waals surface area contributed by atoms with Gasteiger partial charge in [0.25, 0.3) is 0 Å². The van der Waals surface area contributed by atoms with Crippen molar-refractivity contribution in [2.45, 2.75) is 19.4 Å². The fraction of sp³-hybridized carbons (Fsp3) is 0.500. The van der Waals surface area contributed by atoms with Crippen molar-refractivity contribution in [1.29, 1.82) is 0 Å².